The molecule has 1 amide bonds. The summed E-state index contributed by atoms with van der Waals surface area (Å²) in [6, 6.07) is 1.15. The first-order valence-electron chi connectivity index (χ1n) is 12.1. The lowest BCUT2D eigenvalue weighted by molar-refractivity contribution is -0.113. The first kappa shape index (κ1) is 20.6. The van der Waals surface area contributed by atoms with Gasteiger partial charge in [0.1, 0.15) is 5.60 Å². The molecule has 10 nitrogen and oxygen atoms in total. The van der Waals surface area contributed by atoms with E-state index in [1.807, 2.05) is 11.8 Å². The van der Waals surface area contributed by atoms with Gasteiger partial charge in [0.15, 0.2) is 6.35 Å². The van der Waals surface area contributed by atoms with Gasteiger partial charge in [-0.25, -0.2) is 9.80 Å². The van der Waals surface area contributed by atoms with Crippen molar-refractivity contribution in [3.05, 3.63) is 0 Å². The molecule has 0 radical (unpaired) electrons. The number of hydrazine groups is 1. The minimum Gasteiger partial charge on any atom is -0.443 e. The number of amides is 1. The van der Waals surface area contributed by atoms with Gasteiger partial charge >= 0.3 is 6.09 Å². The lowest BCUT2D eigenvalue weighted by Gasteiger charge is -2.43. The average Bonchev–Trinajstić information content (AvgIpc) is 3.15. The minimum atomic E-state index is -0.200. The molecule has 0 aromatic rings. The average molecular weight is 437 g/mol. The summed E-state index contributed by atoms with van der Waals surface area (Å²) in [4.78, 5) is 22.6. The molecule has 5 heterocycles. The number of hydrogen-bond donors (Lipinski definition) is 3. The second-order valence-corrected chi connectivity index (χ2v) is 10.4. The molecule has 3 N–H and O–H groups in total. The molecular formula is C21H36N6O4. The van der Waals surface area contributed by atoms with Crippen molar-refractivity contribution in [2.75, 3.05) is 45.9 Å². The van der Waals surface area contributed by atoms with Crippen LogP contribution in [0, 0.1) is 11.8 Å². The smallest absolute Gasteiger partial charge is 0.410 e. The second kappa shape index (κ2) is 8.09. The van der Waals surface area contributed by atoms with Crippen LogP contribution in [0.1, 0.15) is 39.0 Å². The van der Waals surface area contributed by atoms with E-state index in [1.165, 1.54) is 0 Å². The summed E-state index contributed by atoms with van der Waals surface area (Å²) >= 11 is 0. The fourth-order valence-corrected chi connectivity index (χ4v) is 5.69. The van der Waals surface area contributed by atoms with Gasteiger partial charge in [0.2, 0.25) is 0 Å². The molecule has 6 aliphatic rings. The number of hydroxylamine groups is 1. The number of rotatable bonds is 4. The molecule has 4 atom stereocenters. The van der Waals surface area contributed by atoms with Crippen LogP contribution in [-0.2, 0) is 14.3 Å². The van der Waals surface area contributed by atoms with Crippen LogP contribution >= 0.6 is 0 Å². The Hall–Kier alpha value is -1.01. The van der Waals surface area contributed by atoms with E-state index in [-0.39, 0.29) is 24.2 Å². The summed E-state index contributed by atoms with van der Waals surface area (Å²) < 4.78 is 11.0. The number of nitrogens with one attached hydrogen (secondary N) is 3. The minimum absolute atomic E-state index is 0.0788. The van der Waals surface area contributed by atoms with Gasteiger partial charge in [-0.1, -0.05) is 0 Å². The third-order valence-electron chi connectivity index (χ3n) is 8.15. The van der Waals surface area contributed by atoms with E-state index in [2.05, 4.69) is 26.1 Å². The Morgan fingerprint density at radius 2 is 1.90 bits per heavy atom. The topological polar surface area (TPSA) is 90.6 Å². The quantitative estimate of drug-likeness (QED) is 0.565. The summed E-state index contributed by atoms with van der Waals surface area (Å²) in [5.41, 5.74) is 6.65. The van der Waals surface area contributed by atoms with Crippen LogP contribution < -0.4 is 16.2 Å². The number of likely N-dealkylation sites (tertiary alicyclic amines) is 2. The first-order valence-corrected chi connectivity index (χ1v) is 12.1. The number of nitrogens with zero attached hydrogens (tertiary/aromatic N) is 3. The normalized spacial score (nSPS) is 39.3. The number of fused-ring (bicyclic) bond motifs is 1. The molecule has 1 aliphatic carbocycles. The van der Waals surface area contributed by atoms with Crippen LogP contribution in [0.4, 0.5) is 4.79 Å². The fraction of sp³-hybridized carbons (Fsp3) is 0.952. The SMILES string of the molecule is CC1(OC(=O)N2CCC(C3NOC(N4CCC5C(CNN5C5COC5)C4)N3)CC2)CC1. The molecule has 6 rings (SSSR count). The zero-order chi connectivity index (χ0) is 21.0. The largest absolute Gasteiger partial charge is 0.443 e. The Labute approximate surface area is 183 Å². The molecule has 0 bridgehead atoms. The number of carbonyl (C=O) groups is 1. The van der Waals surface area contributed by atoms with Gasteiger partial charge in [0, 0.05) is 44.7 Å². The van der Waals surface area contributed by atoms with E-state index in [0.717, 1.165) is 78.0 Å². The molecule has 4 unspecified atom stereocenters. The summed E-state index contributed by atoms with van der Waals surface area (Å²) in [5.74, 6) is 1.08. The summed E-state index contributed by atoms with van der Waals surface area (Å²) in [6.07, 6.45) is 4.96. The molecule has 0 spiro atoms. The van der Waals surface area contributed by atoms with Crippen LogP contribution in [0.3, 0.4) is 0 Å². The van der Waals surface area contributed by atoms with Gasteiger partial charge < -0.3 is 14.4 Å². The molecule has 174 valence electrons. The van der Waals surface area contributed by atoms with Gasteiger partial charge in [0.05, 0.1) is 25.4 Å². The number of carbonyl (C=O) groups excluding carboxylic acids is 1. The van der Waals surface area contributed by atoms with Crippen LogP contribution in [-0.4, -0.2) is 97.0 Å². The standard InChI is InChI=1S/C21H36N6O4/c1-21(5-6-21)30-20(28)25-7-2-14(3-8-25)18-23-19(31-24-18)26-9-4-17-15(11-26)10-22-27(17)16-12-29-13-16/h14-19,22-24H,2-13H2,1H3. The van der Waals surface area contributed by atoms with E-state index >= 15 is 0 Å². The van der Waals surface area contributed by atoms with Crippen molar-refractivity contribution in [1.82, 2.24) is 31.0 Å². The predicted octanol–water partition coefficient (Wildman–Crippen LogP) is 0.0311. The predicted molar refractivity (Wildman–Crippen MR) is 111 cm³/mol. The number of hydrogen-bond acceptors (Lipinski definition) is 9. The molecular weight excluding hydrogens is 400 g/mol. The van der Waals surface area contributed by atoms with E-state index in [0.29, 0.717) is 23.9 Å². The zero-order valence-electron chi connectivity index (χ0n) is 18.4. The van der Waals surface area contributed by atoms with E-state index in [1.54, 1.807) is 0 Å². The summed E-state index contributed by atoms with van der Waals surface area (Å²) in [6.45, 7) is 8.34. The lowest BCUT2D eigenvalue weighted by Crippen LogP contribution is -2.59. The molecule has 0 aromatic carbocycles. The van der Waals surface area contributed by atoms with Crippen molar-refractivity contribution >= 4 is 6.09 Å². The highest BCUT2D eigenvalue weighted by molar-refractivity contribution is 5.68. The van der Waals surface area contributed by atoms with Gasteiger partial charge in [0.25, 0.3) is 0 Å². The second-order valence-electron chi connectivity index (χ2n) is 10.4. The zero-order valence-corrected chi connectivity index (χ0v) is 18.4. The van der Waals surface area contributed by atoms with Crippen molar-refractivity contribution < 1.29 is 19.1 Å². The van der Waals surface area contributed by atoms with Crippen molar-refractivity contribution in [1.29, 1.82) is 0 Å². The monoisotopic (exact) mass is 436 g/mol. The van der Waals surface area contributed by atoms with Crippen molar-refractivity contribution in [3.63, 3.8) is 0 Å². The number of piperidine rings is 2. The third kappa shape index (κ3) is 4.07. The van der Waals surface area contributed by atoms with Crippen LogP contribution in [0.5, 0.6) is 0 Å². The maximum absolute atomic E-state index is 12.3. The Balaban J connectivity index is 0.964. The van der Waals surface area contributed by atoms with Crippen LogP contribution in [0.15, 0.2) is 0 Å². The highest BCUT2D eigenvalue weighted by atomic mass is 16.7. The first-order chi connectivity index (χ1) is 15.1. The molecule has 5 aliphatic heterocycles. The van der Waals surface area contributed by atoms with E-state index in [4.69, 9.17) is 14.3 Å². The molecule has 1 saturated carbocycles. The Bertz CT molecular complexity index is 681. The van der Waals surface area contributed by atoms with Crippen LogP contribution in [0.2, 0.25) is 0 Å². The lowest BCUT2D eigenvalue weighted by atomic mass is 9.92. The Kier molecular flexibility index (Phi) is 5.37. The highest BCUT2D eigenvalue weighted by Crippen LogP contribution is 2.39. The fourth-order valence-electron chi connectivity index (χ4n) is 5.69. The molecule has 10 heteroatoms. The molecule has 6 fully saturated rings. The van der Waals surface area contributed by atoms with Crippen molar-refractivity contribution in [3.8, 4) is 0 Å². The van der Waals surface area contributed by atoms with E-state index in [9.17, 15) is 4.79 Å². The molecule has 31 heavy (non-hydrogen) atoms. The Morgan fingerprint density at radius 1 is 1.10 bits per heavy atom. The maximum Gasteiger partial charge on any atom is 0.410 e. The van der Waals surface area contributed by atoms with Gasteiger partial charge in [-0.05, 0) is 44.9 Å². The summed E-state index contributed by atoms with van der Waals surface area (Å²) in [5, 5.41) is 6.12. The van der Waals surface area contributed by atoms with Gasteiger partial charge in [-0.2, -0.15) is 5.48 Å². The molecule has 5 saturated heterocycles. The molecule has 0 aromatic heterocycles. The summed E-state index contributed by atoms with van der Waals surface area (Å²) in [7, 11) is 0. The van der Waals surface area contributed by atoms with Gasteiger partial charge in [-0.3, -0.25) is 20.5 Å². The third-order valence-corrected chi connectivity index (χ3v) is 8.15. The van der Waals surface area contributed by atoms with E-state index < -0.39 is 0 Å². The Morgan fingerprint density at radius 3 is 2.61 bits per heavy atom. The van der Waals surface area contributed by atoms with Gasteiger partial charge in [-0.15, -0.1) is 0 Å². The van der Waals surface area contributed by atoms with Crippen LogP contribution in [0.25, 0.3) is 0 Å². The van der Waals surface area contributed by atoms with Crippen molar-refractivity contribution in [2.45, 2.75) is 69.2 Å². The van der Waals surface area contributed by atoms with Crippen molar-refractivity contribution in [2.24, 2.45) is 11.8 Å². The maximum atomic E-state index is 12.3. The highest BCUT2D eigenvalue weighted by Gasteiger charge is 2.46. The number of ether oxygens (including phenoxy) is 2.